The molecule has 2 heterocycles. The third-order valence-corrected chi connectivity index (χ3v) is 3.65. The number of rotatable bonds is 6. The van der Waals surface area contributed by atoms with Gasteiger partial charge in [-0.05, 0) is 25.8 Å². The smallest absolute Gasteiger partial charge is 0.331 e. The summed E-state index contributed by atoms with van der Waals surface area (Å²) in [6.07, 6.45) is 5.79. The van der Waals surface area contributed by atoms with E-state index in [1.54, 1.807) is 0 Å². The molecule has 0 aromatic carbocycles. The lowest BCUT2D eigenvalue weighted by Crippen LogP contribution is -2.36. The predicted molar refractivity (Wildman–Crippen MR) is 75.7 cm³/mol. The topological polar surface area (TPSA) is 65.1 Å². The highest BCUT2D eigenvalue weighted by molar-refractivity contribution is 5.92. The van der Waals surface area contributed by atoms with E-state index >= 15 is 0 Å². The van der Waals surface area contributed by atoms with Crippen molar-refractivity contribution in [1.82, 2.24) is 4.90 Å². The van der Waals surface area contributed by atoms with Crippen LogP contribution in [0.2, 0.25) is 0 Å². The van der Waals surface area contributed by atoms with Crippen molar-refractivity contribution in [2.75, 3.05) is 39.5 Å². The number of carbonyl (C=O) groups excluding carboxylic acids is 2. The molecule has 1 unspecified atom stereocenters. The van der Waals surface area contributed by atoms with Gasteiger partial charge in [0.15, 0.2) is 0 Å². The normalized spacial score (nSPS) is 25.6. The summed E-state index contributed by atoms with van der Waals surface area (Å²) in [4.78, 5) is 24.9. The van der Waals surface area contributed by atoms with Gasteiger partial charge in [-0.2, -0.15) is 0 Å². The minimum absolute atomic E-state index is 0.151. The third kappa shape index (κ3) is 6.27. The fraction of sp³-hybridized carbons (Fsp3) is 0.733. The van der Waals surface area contributed by atoms with E-state index in [4.69, 9.17) is 14.2 Å². The molecule has 0 N–H and O–H groups in total. The molecule has 0 aliphatic carbocycles. The van der Waals surface area contributed by atoms with Gasteiger partial charge in [-0.15, -0.1) is 0 Å². The Balaban J connectivity index is 1.58. The van der Waals surface area contributed by atoms with Gasteiger partial charge in [-0.1, -0.05) is 6.42 Å². The number of hydrogen-bond acceptors (Lipinski definition) is 6. The minimum Gasteiger partial charge on any atom is -0.459 e. The molecule has 118 valence electrons. The lowest BCUT2D eigenvalue weighted by Gasteiger charge is -2.26. The van der Waals surface area contributed by atoms with Gasteiger partial charge in [0, 0.05) is 25.2 Å². The molecule has 1 fully saturated rings. The number of carbonyl (C=O) groups is 2. The van der Waals surface area contributed by atoms with Crippen LogP contribution in [0.1, 0.15) is 25.7 Å². The van der Waals surface area contributed by atoms with Crippen LogP contribution in [0, 0.1) is 0 Å². The minimum atomic E-state index is -0.482. The quantitative estimate of drug-likeness (QED) is 0.536. The van der Waals surface area contributed by atoms with Gasteiger partial charge in [0.05, 0.1) is 13.2 Å². The van der Waals surface area contributed by atoms with Crippen LogP contribution in [-0.4, -0.2) is 62.4 Å². The number of hydrogen-bond donors (Lipinski definition) is 0. The van der Waals surface area contributed by atoms with Crippen molar-refractivity contribution in [2.45, 2.75) is 31.8 Å². The lowest BCUT2D eigenvalue weighted by molar-refractivity contribution is -0.155. The molecule has 0 bridgehead atoms. The van der Waals surface area contributed by atoms with Gasteiger partial charge < -0.3 is 14.2 Å². The highest BCUT2D eigenvalue weighted by Gasteiger charge is 2.17. The third-order valence-electron chi connectivity index (χ3n) is 3.65. The fourth-order valence-corrected chi connectivity index (χ4v) is 2.45. The first kappa shape index (κ1) is 16.0. The zero-order chi connectivity index (χ0) is 14.9. The van der Waals surface area contributed by atoms with Crippen LogP contribution >= 0.6 is 0 Å². The van der Waals surface area contributed by atoms with Crippen LogP contribution in [0.15, 0.2) is 12.2 Å². The second-order valence-electron chi connectivity index (χ2n) is 5.33. The van der Waals surface area contributed by atoms with Gasteiger partial charge in [-0.3, -0.25) is 4.90 Å². The summed E-state index contributed by atoms with van der Waals surface area (Å²) >= 11 is 0. The van der Waals surface area contributed by atoms with Crippen LogP contribution in [0.4, 0.5) is 0 Å². The van der Waals surface area contributed by atoms with Crippen molar-refractivity contribution in [3.05, 3.63) is 12.2 Å². The zero-order valence-electron chi connectivity index (χ0n) is 12.3. The average molecular weight is 297 g/mol. The van der Waals surface area contributed by atoms with Crippen LogP contribution in [0.3, 0.4) is 0 Å². The predicted octanol–water partition coefficient (Wildman–Crippen LogP) is 0.904. The Kier molecular flexibility index (Phi) is 6.69. The molecule has 2 aliphatic rings. The summed E-state index contributed by atoms with van der Waals surface area (Å²) in [7, 11) is 0. The molecule has 6 nitrogen and oxygen atoms in total. The van der Waals surface area contributed by atoms with E-state index in [-0.39, 0.29) is 12.7 Å². The van der Waals surface area contributed by atoms with Gasteiger partial charge in [0.2, 0.25) is 0 Å². The number of cyclic esters (lactones) is 2. The molecule has 0 aromatic rings. The van der Waals surface area contributed by atoms with Gasteiger partial charge in [0.1, 0.15) is 12.7 Å². The Morgan fingerprint density at radius 2 is 1.81 bits per heavy atom. The van der Waals surface area contributed by atoms with Crippen LogP contribution in [0.25, 0.3) is 0 Å². The molecule has 0 amide bonds. The van der Waals surface area contributed by atoms with E-state index in [0.29, 0.717) is 0 Å². The SMILES string of the molecule is O=C1/C=C\C(=O)OC(CCCCCN2CCOCC2)CO1. The number of nitrogens with zero attached hydrogens (tertiary/aromatic N) is 1. The molecule has 2 rings (SSSR count). The molecule has 0 spiro atoms. The zero-order valence-corrected chi connectivity index (χ0v) is 12.3. The Labute approximate surface area is 125 Å². The summed E-state index contributed by atoms with van der Waals surface area (Å²) in [5, 5.41) is 0. The molecule has 0 saturated carbocycles. The molecule has 21 heavy (non-hydrogen) atoms. The van der Waals surface area contributed by atoms with Crippen molar-refractivity contribution >= 4 is 11.9 Å². The molecule has 1 atom stereocenters. The molecule has 1 saturated heterocycles. The van der Waals surface area contributed by atoms with E-state index in [1.807, 2.05) is 0 Å². The lowest BCUT2D eigenvalue weighted by atomic mass is 10.1. The molecular weight excluding hydrogens is 274 g/mol. The number of unbranched alkanes of at least 4 members (excludes halogenated alkanes) is 2. The summed E-state index contributed by atoms with van der Waals surface area (Å²) in [6, 6.07) is 0. The van der Waals surface area contributed by atoms with Crippen molar-refractivity contribution in [1.29, 1.82) is 0 Å². The summed E-state index contributed by atoms with van der Waals surface area (Å²) in [6.45, 7) is 4.93. The van der Waals surface area contributed by atoms with Crippen LogP contribution in [0.5, 0.6) is 0 Å². The van der Waals surface area contributed by atoms with Crippen molar-refractivity contribution in [2.24, 2.45) is 0 Å². The Morgan fingerprint density at radius 1 is 1.05 bits per heavy atom. The Morgan fingerprint density at radius 3 is 2.62 bits per heavy atom. The first-order valence-corrected chi connectivity index (χ1v) is 7.59. The van der Waals surface area contributed by atoms with Crippen molar-refractivity contribution < 1.29 is 23.8 Å². The van der Waals surface area contributed by atoms with E-state index in [2.05, 4.69) is 4.90 Å². The van der Waals surface area contributed by atoms with Crippen molar-refractivity contribution in [3.63, 3.8) is 0 Å². The Bertz CT molecular complexity index is 376. The van der Waals surface area contributed by atoms with Gasteiger partial charge in [-0.25, -0.2) is 9.59 Å². The maximum absolute atomic E-state index is 11.4. The molecule has 2 aliphatic heterocycles. The maximum atomic E-state index is 11.4. The second kappa shape index (κ2) is 8.79. The van der Waals surface area contributed by atoms with Gasteiger partial charge in [0.25, 0.3) is 0 Å². The highest BCUT2D eigenvalue weighted by atomic mass is 16.6. The van der Waals surface area contributed by atoms with E-state index in [1.165, 1.54) is 0 Å². The number of ether oxygens (including phenoxy) is 3. The fourth-order valence-electron chi connectivity index (χ4n) is 2.45. The molecule has 6 heteroatoms. The monoisotopic (exact) mass is 297 g/mol. The average Bonchev–Trinajstić information content (AvgIpc) is 2.49. The Hall–Kier alpha value is -1.40. The summed E-state index contributed by atoms with van der Waals surface area (Å²) in [5.41, 5.74) is 0. The summed E-state index contributed by atoms with van der Waals surface area (Å²) < 4.78 is 15.5. The number of morpholine rings is 1. The van der Waals surface area contributed by atoms with E-state index < -0.39 is 11.9 Å². The highest BCUT2D eigenvalue weighted by Crippen LogP contribution is 2.11. The molecule has 0 radical (unpaired) electrons. The maximum Gasteiger partial charge on any atom is 0.331 e. The van der Waals surface area contributed by atoms with Crippen LogP contribution in [-0.2, 0) is 23.8 Å². The van der Waals surface area contributed by atoms with E-state index in [0.717, 1.165) is 70.7 Å². The number of esters is 2. The first-order valence-electron chi connectivity index (χ1n) is 7.59. The molecule has 0 aromatic heterocycles. The van der Waals surface area contributed by atoms with Gasteiger partial charge >= 0.3 is 11.9 Å². The second-order valence-corrected chi connectivity index (χ2v) is 5.33. The molecular formula is C15H23NO5. The standard InChI is InChI=1S/C15H23NO5/c17-14-5-6-15(18)21-13(12-20-14)4-2-1-3-7-16-8-10-19-11-9-16/h5-6,13H,1-4,7-12H2/b6-5-. The first-order chi connectivity index (χ1) is 10.2. The largest absolute Gasteiger partial charge is 0.459 e. The van der Waals surface area contributed by atoms with E-state index in [9.17, 15) is 9.59 Å². The van der Waals surface area contributed by atoms with Crippen molar-refractivity contribution in [3.8, 4) is 0 Å². The summed E-state index contributed by atoms with van der Waals surface area (Å²) in [5.74, 6) is -0.950. The van der Waals surface area contributed by atoms with Crippen LogP contribution < -0.4 is 0 Å².